The van der Waals surface area contributed by atoms with Gasteiger partial charge in [0.1, 0.15) is 5.69 Å². The molecule has 8 heteroatoms. The molecule has 0 aliphatic carbocycles. The van der Waals surface area contributed by atoms with Crippen molar-refractivity contribution < 1.29 is 19.2 Å². The Bertz CT molecular complexity index is 549. The van der Waals surface area contributed by atoms with Gasteiger partial charge in [0.15, 0.2) is 0 Å². The quantitative estimate of drug-likeness (QED) is 0.364. The van der Waals surface area contributed by atoms with E-state index < -0.39 is 4.92 Å². The lowest BCUT2D eigenvalue weighted by Crippen LogP contribution is -2.25. The number of ether oxygens (including phenoxy) is 2. The Kier molecular flexibility index (Phi) is 8.74. The predicted molar refractivity (Wildman–Crippen MR) is 91.5 cm³/mol. The molecule has 24 heavy (non-hydrogen) atoms. The first-order valence-corrected chi connectivity index (χ1v) is 7.86. The number of hydrogen-bond acceptors (Lipinski definition) is 6. The van der Waals surface area contributed by atoms with Gasteiger partial charge in [-0.25, -0.2) is 0 Å². The van der Waals surface area contributed by atoms with Crippen molar-refractivity contribution in [1.82, 2.24) is 5.32 Å². The van der Waals surface area contributed by atoms with Crippen molar-refractivity contribution in [3.05, 3.63) is 33.9 Å². The van der Waals surface area contributed by atoms with Crippen LogP contribution in [-0.4, -0.2) is 50.3 Å². The first-order chi connectivity index (χ1) is 11.5. The van der Waals surface area contributed by atoms with Crippen LogP contribution in [0, 0.1) is 10.1 Å². The number of carbonyl (C=O) groups excluding carboxylic acids is 1. The molecule has 8 nitrogen and oxygen atoms in total. The molecule has 1 rings (SSSR count). The fraction of sp³-hybridized carbons (Fsp3) is 0.562. The minimum atomic E-state index is -0.512. The van der Waals surface area contributed by atoms with Crippen LogP contribution in [0.25, 0.3) is 0 Å². The van der Waals surface area contributed by atoms with E-state index in [9.17, 15) is 14.9 Å². The Hall–Kier alpha value is -2.19. The van der Waals surface area contributed by atoms with Gasteiger partial charge in [-0.1, -0.05) is 0 Å². The molecule has 0 aromatic heterocycles. The number of anilines is 1. The van der Waals surface area contributed by atoms with Gasteiger partial charge in [0.05, 0.1) is 17.6 Å². The lowest BCUT2D eigenvalue weighted by atomic mass is 10.1. The Morgan fingerprint density at radius 1 is 1.29 bits per heavy atom. The molecular weight excluding hydrogens is 314 g/mol. The number of amides is 1. The van der Waals surface area contributed by atoms with E-state index >= 15 is 0 Å². The van der Waals surface area contributed by atoms with Gasteiger partial charge >= 0.3 is 0 Å². The zero-order valence-corrected chi connectivity index (χ0v) is 14.3. The molecule has 0 heterocycles. The average molecular weight is 339 g/mol. The fourth-order valence-electron chi connectivity index (χ4n) is 1.96. The number of nitrogens with one attached hydrogen (secondary N) is 2. The zero-order chi connectivity index (χ0) is 17.9. The number of carbonyl (C=O) groups is 1. The molecule has 0 radical (unpaired) electrons. The van der Waals surface area contributed by atoms with Crippen molar-refractivity contribution >= 4 is 17.3 Å². The van der Waals surface area contributed by atoms with Crippen molar-refractivity contribution in [2.75, 3.05) is 38.7 Å². The summed E-state index contributed by atoms with van der Waals surface area (Å²) < 4.78 is 10.3. The first kappa shape index (κ1) is 19.9. The molecule has 0 saturated carbocycles. The van der Waals surface area contributed by atoms with Crippen LogP contribution < -0.4 is 10.6 Å². The van der Waals surface area contributed by atoms with Gasteiger partial charge in [-0.15, -0.1) is 0 Å². The molecule has 0 atom stereocenters. The van der Waals surface area contributed by atoms with Crippen LogP contribution in [0.2, 0.25) is 0 Å². The Morgan fingerprint density at radius 3 is 2.67 bits per heavy atom. The Morgan fingerprint density at radius 2 is 2.04 bits per heavy atom. The number of hydrogen-bond donors (Lipinski definition) is 2. The molecule has 1 aromatic rings. The van der Waals surface area contributed by atoms with E-state index in [1.165, 1.54) is 12.1 Å². The molecule has 0 unspecified atom stereocenters. The summed E-state index contributed by atoms with van der Waals surface area (Å²) in [5.74, 6) is -0.342. The van der Waals surface area contributed by atoms with Crippen molar-refractivity contribution in [3.8, 4) is 0 Å². The van der Waals surface area contributed by atoms with E-state index in [2.05, 4.69) is 10.6 Å². The smallest absolute Gasteiger partial charge is 0.293 e. The van der Waals surface area contributed by atoms with Crippen LogP contribution in [0.1, 0.15) is 30.6 Å². The number of rotatable bonds is 11. The van der Waals surface area contributed by atoms with Crippen LogP contribution in [0.4, 0.5) is 11.4 Å². The minimum Gasteiger partial charge on any atom is -0.383 e. The van der Waals surface area contributed by atoms with Gasteiger partial charge in [0.25, 0.3) is 11.6 Å². The van der Waals surface area contributed by atoms with E-state index in [4.69, 9.17) is 9.47 Å². The van der Waals surface area contributed by atoms with Crippen LogP contribution in [-0.2, 0) is 9.47 Å². The summed E-state index contributed by atoms with van der Waals surface area (Å²) in [6, 6.07) is 4.36. The highest BCUT2D eigenvalue weighted by Gasteiger charge is 2.17. The Labute approximate surface area is 141 Å². The Balaban J connectivity index is 2.62. The van der Waals surface area contributed by atoms with Crippen LogP contribution >= 0.6 is 0 Å². The maximum atomic E-state index is 12.1. The molecule has 2 N–H and O–H groups in total. The second-order valence-electron chi connectivity index (χ2n) is 5.44. The highest BCUT2D eigenvalue weighted by molar-refractivity contribution is 5.95. The summed E-state index contributed by atoms with van der Waals surface area (Å²) in [6.07, 6.45) is 0.837. The summed E-state index contributed by atoms with van der Waals surface area (Å²) >= 11 is 0. The van der Waals surface area contributed by atoms with Gasteiger partial charge in [0, 0.05) is 38.4 Å². The number of nitro groups is 1. The molecule has 0 saturated heterocycles. The summed E-state index contributed by atoms with van der Waals surface area (Å²) in [5, 5.41) is 16.8. The van der Waals surface area contributed by atoms with E-state index in [1.807, 2.05) is 13.8 Å². The molecule has 0 spiro atoms. The summed E-state index contributed by atoms with van der Waals surface area (Å²) in [4.78, 5) is 22.7. The highest BCUT2D eigenvalue weighted by Crippen LogP contribution is 2.25. The molecule has 0 bridgehead atoms. The number of methoxy groups -OCH3 is 1. The van der Waals surface area contributed by atoms with Crippen molar-refractivity contribution in [3.63, 3.8) is 0 Å². The monoisotopic (exact) mass is 339 g/mol. The van der Waals surface area contributed by atoms with Crippen LogP contribution in [0.3, 0.4) is 0 Å². The first-order valence-electron chi connectivity index (χ1n) is 7.86. The van der Waals surface area contributed by atoms with E-state index in [0.29, 0.717) is 38.4 Å². The SMILES string of the molecule is COCCNc1ccc(C(=O)NCCCOC(C)C)cc1[N+](=O)[O-]. The third kappa shape index (κ3) is 6.93. The highest BCUT2D eigenvalue weighted by atomic mass is 16.6. The summed E-state index contributed by atoms with van der Waals surface area (Å²) in [6.45, 7) is 5.77. The topological polar surface area (TPSA) is 103 Å². The molecule has 134 valence electrons. The predicted octanol–water partition coefficient (Wildman–Crippen LogP) is 2.20. The average Bonchev–Trinajstić information content (AvgIpc) is 2.54. The molecule has 1 amide bonds. The largest absolute Gasteiger partial charge is 0.383 e. The number of nitrogens with zero attached hydrogens (tertiary/aromatic N) is 1. The van der Waals surface area contributed by atoms with Crippen LogP contribution in [0.15, 0.2) is 18.2 Å². The van der Waals surface area contributed by atoms with E-state index in [0.717, 1.165) is 0 Å². The normalized spacial score (nSPS) is 10.7. The minimum absolute atomic E-state index is 0.137. The summed E-state index contributed by atoms with van der Waals surface area (Å²) in [7, 11) is 1.55. The third-order valence-corrected chi connectivity index (χ3v) is 3.14. The second kappa shape index (κ2) is 10.6. The van der Waals surface area contributed by atoms with E-state index in [-0.39, 0.29) is 23.3 Å². The number of benzene rings is 1. The molecule has 1 aromatic carbocycles. The van der Waals surface area contributed by atoms with Gasteiger partial charge in [-0.3, -0.25) is 14.9 Å². The maximum Gasteiger partial charge on any atom is 0.293 e. The third-order valence-electron chi connectivity index (χ3n) is 3.14. The van der Waals surface area contributed by atoms with Gasteiger partial charge < -0.3 is 20.1 Å². The van der Waals surface area contributed by atoms with Crippen molar-refractivity contribution in [1.29, 1.82) is 0 Å². The number of nitro benzene ring substituents is 1. The second-order valence-corrected chi connectivity index (χ2v) is 5.44. The van der Waals surface area contributed by atoms with Gasteiger partial charge in [0.2, 0.25) is 0 Å². The molecule has 0 aliphatic rings. The van der Waals surface area contributed by atoms with E-state index in [1.54, 1.807) is 13.2 Å². The van der Waals surface area contributed by atoms with Crippen LogP contribution in [0.5, 0.6) is 0 Å². The van der Waals surface area contributed by atoms with Crippen molar-refractivity contribution in [2.24, 2.45) is 0 Å². The lowest BCUT2D eigenvalue weighted by molar-refractivity contribution is -0.384. The fourth-order valence-corrected chi connectivity index (χ4v) is 1.96. The molecule has 0 fully saturated rings. The van der Waals surface area contributed by atoms with Gasteiger partial charge in [-0.2, -0.15) is 0 Å². The molecular formula is C16H25N3O5. The maximum absolute atomic E-state index is 12.1. The van der Waals surface area contributed by atoms with Crippen molar-refractivity contribution in [2.45, 2.75) is 26.4 Å². The standard InChI is InChI=1S/C16H25N3O5/c1-12(2)24-9-4-7-18-16(20)13-5-6-14(17-8-10-23-3)15(11-13)19(21)22/h5-6,11-12,17H,4,7-10H2,1-3H3,(H,18,20). The lowest BCUT2D eigenvalue weighted by Gasteiger charge is -2.10. The molecule has 0 aliphatic heterocycles. The summed E-state index contributed by atoms with van der Waals surface area (Å²) in [5.41, 5.74) is 0.476. The van der Waals surface area contributed by atoms with Gasteiger partial charge in [-0.05, 0) is 32.4 Å². The zero-order valence-electron chi connectivity index (χ0n) is 14.3.